The van der Waals surface area contributed by atoms with E-state index in [0.29, 0.717) is 135 Å². The fourth-order valence-electron chi connectivity index (χ4n) is 11.0. The Kier molecular flexibility index (Phi) is 40.4. The zero-order valence-corrected chi connectivity index (χ0v) is 73.5. The molecule has 0 aliphatic carbocycles. The number of nitrogens with one attached hydrogen (secondary N) is 4. The Labute approximate surface area is 756 Å². The van der Waals surface area contributed by atoms with Crippen LogP contribution in [-0.2, 0) is 45.6 Å². The van der Waals surface area contributed by atoms with E-state index in [9.17, 15) is 24.4 Å². The van der Waals surface area contributed by atoms with Crippen molar-refractivity contribution in [2.75, 3.05) is 33.5 Å². The molecule has 0 saturated heterocycles. The maximum atomic E-state index is 11.5. The molecule has 12 aromatic rings. The molecule has 123 heavy (non-hydrogen) atoms. The third-order valence-electron chi connectivity index (χ3n) is 17.1. The number of allylic oxidation sites excluding steroid dienone is 4. The van der Waals surface area contributed by atoms with E-state index in [1.165, 1.54) is 29.8 Å². The Morgan fingerprint density at radius 3 is 0.846 bits per heavy atom. The first-order valence-electron chi connectivity index (χ1n) is 37.5. The summed E-state index contributed by atoms with van der Waals surface area (Å²) in [6, 6.07) is 44.9. The molecular formula is C93H90Br2ClLi2N4O21+. The Morgan fingerprint density at radius 2 is 0.610 bits per heavy atom. The molecule has 0 fully saturated rings. The number of rotatable bonds is 33. The van der Waals surface area contributed by atoms with Gasteiger partial charge < -0.3 is 71.0 Å². The van der Waals surface area contributed by atoms with Crippen LogP contribution < -0.4 is 102 Å². The van der Waals surface area contributed by atoms with Crippen molar-refractivity contribution in [3.63, 3.8) is 0 Å². The van der Waals surface area contributed by atoms with Crippen LogP contribution in [0.1, 0.15) is 99.9 Å². The second-order valence-corrected chi connectivity index (χ2v) is 29.6. The van der Waals surface area contributed by atoms with E-state index in [2.05, 4.69) is 31.9 Å². The van der Waals surface area contributed by atoms with Crippen LogP contribution in [0.2, 0.25) is 5.02 Å². The Morgan fingerprint density at radius 1 is 0.366 bits per heavy atom. The van der Waals surface area contributed by atoms with Gasteiger partial charge in [0.25, 0.3) is 17.7 Å². The molecule has 4 amide bonds. The summed E-state index contributed by atoms with van der Waals surface area (Å²) in [5, 5.41) is 40.8. The van der Waals surface area contributed by atoms with E-state index in [1.807, 2.05) is 201 Å². The number of amides is 4. The quantitative estimate of drug-likeness (QED) is 0.00660. The Bertz CT molecular complexity index is 5340. The molecule has 0 bridgehead atoms. The molecule has 7 N–H and O–H groups in total. The van der Waals surface area contributed by atoms with E-state index < -0.39 is 23.6 Å². The van der Waals surface area contributed by atoms with Crippen molar-refractivity contribution < 1.29 is 133 Å². The first kappa shape index (κ1) is 98.3. The Hall–Kier alpha value is -11.8. The van der Waals surface area contributed by atoms with Gasteiger partial charge in [0.1, 0.15) is 58.6 Å². The minimum Gasteiger partial charge on any atom is -0.759 e. The van der Waals surface area contributed by atoms with Gasteiger partial charge in [-0.1, -0.05) is 114 Å². The van der Waals surface area contributed by atoms with Gasteiger partial charge in [-0.25, -0.2) is 16.4 Å². The largest absolute Gasteiger partial charge is 1.00 e. The third kappa shape index (κ3) is 30.3. The standard InChI is InChI=1S/C24H24NO6.2C23H22BrNO5.C23H22ClNO5.2Li/c1-16(2)10-12-30-24-22-19(11-13-29-22)14-18(6-9-21(26)25-27)23(24)31-15-17-4-7-20(28-3)8-5-17;3*1-15(2)9-11-29-23-21-18(10-12-28-21)13-17(5-8-20(26)25-27)22(23)30-14-16-3-6-19(24)7-4-16;;/h4-11,13-14H,12,15H2,1-3H3,(H-,25,26,27);3*3-10,12-13,27H,11,14H2,1-2H3,(H,25,26);;/q-1;;;;2*+1/b9-6+;3*8-5+;;. The smallest absolute Gasteiger partial charge is 0.759 e. The first-order chi connectivity index (χ1) is 58.4. The maximum absolute atomic E-state index is 11.5. The van der Waals surface area contributed by atoms with Crippen LogP contribution in [0, 0.1) is 5.21 Å². The summed E-state index contributed by atoms with van der Waals surface area (Å²) in [7, 11) is 1.61. The van der Waals surface area contributed by atoms with Gasteiger partial charge in [-0.3, -0.25) is 34.8 Å². The molecule has 4 heterocycles. The van der Waals surface area contributed by atoms with Crippen molar-refractivity contribution >= 4 is 135 Å². The molecule has 630 valence electrons. The van der Waals surface area contributed by atoms with Crippen LogP contribution in [-0.4, -0.2) is 72.8 Å². The van der Waals surface area contributed by atoms with Gasteiger partial charge in [0.05, 0.1) is 32.2 Å². The summed E-state index contributed by atoms with van der Waals surface area (Å²) >= 11 is 12.8. The molecule has 0 spiro atoms. The first-order valence-corrected chi connectivity index (χ1v) is 39.5. The number of furan rings is 4. The van der Waals surface area contributed by atoms with Gasteiger partial charge in [0, 0.05) is 82.1 Å². The van der Waals surface area contributed by atoms with Gasteiger partial charge in [-0.05, 0) is 223 Å². The third-order valence-corrected chi connectivity index (χ3v) is 18.4. The van der Waals surface area contributed by atoms with E-state index in [4.69, 9.17) is 87.5 Å². The second-order valence-electron chi connectivity index (χ2n) is 27.3. The molecular weight excluding hydrogens is 1720 g/mol. The van der Waals surface area contributed by atoms with E-state index in [1.54, 1.807) is 91.1 Å². The number of fused-ring (bicyclic) bond motifs is 4. The number of halogens is 3. The van der Waals surface area contributed by atoms with Crippen molar-refractivity contribution in [1.29, 1.82) is 0 Å². The summed E-state index contributed by atoms with van der Waals surface area (Å²) in [5.74, 6) is 1.55. The van der Waals surface area contributed by atoms with Crippen LogP contribution in [0.4, 0.5) is 0 Å². The van der Waals surface area contributed by atoms with E-state index in [-0.39, 0.29) is 50.9 Å². The van der Waals surface area contributed by atoms with Crippen molar-refractivity contribution in [3.05, 3.63) is 305 Å². The van der Waals surface area contributed by atoms with Crippen LogP contribution in [0.15, 0.2) is 268 Å². The van der Waals surface area contributed by atoms with Gasteiger partial charge in [-0.2, -0.15) is 0 Å². The van der Waals surface area contributed by atoms with Crippen LogP contribution >= 0.6 is 43.5 Å². The van der Waals surface area contributed by atoms with Crippen LogP contribution in [0.25, 0.3) is 68.2 Å². The number of benzene rings is 8. The second kappa shape index (κ2) is 50.6. The van der Waals surface area contributed by atoms with E-state index in [0.717, 1.165) is 86.9 Å². The SMILES string of the molecule is CC(C)=CCOc1c(OCc2ccc(Br)cc2)c(/C=C/C(=O)NO)cc2ccoc12.CC(C)=CCOc1c(OCc2ccc(Br)cc2)c(/C=C/C(=O)NO)cc2ccoc12.CC(C)=CCOc1c(OCc2ccc(Cl)cc2)c(/C=C/C(=O)NO)cc2ccoc12.COc1ccc(COc2c(/C=C/C(=O)N[O-])cc3ccoc3c2OCC=C(C)C)cc1.[Li+].[Li+]. The minimum atomic E-state index is -0.764. The summed E-state index contributed by atoms with van der Waals surface area (Å²) in [5.41, 5.74) is 19.0. The van der Waals surface area contributed by atoms with Crippen molar-refractivity contribution in [2.45, 2.75) is 81.8 Å². The normalized spacial score (nSPS) is 10.7. The molecule has 0 aliphatic rings. The maximum Gasteiger partial charge on any atom is 1.00 e. The molecule has 0 saturated carbocycles. The zero-order chi connectivity index (χ0) is 86.7. The number of hydroxylamine groups is 4. The molecule has 0 unspecified atom stereocenters. The topological polar surface area (TPSA) is 336 Å². The predicted molar refractivity (Wildman–Crippen MR) is 472 cm³/mol. The number of methoxy groups -OCH3 is 1. The Balaban J connectivity index is 0.000000224. The average molecular weight is 1810 g/mol. The summed E-state index contributed by atoms with van der Waals surface area (Å²) in [6.07, 6.45) is 25.0. The molecule has 25 nitrogen and oxygen atoms in total. The number of ether oxygens (including phenoxy) is 9. The minimum absolute atomic E-state index is 0. The molecule has 0 radical (unpaired) electrons. The number of hydrogen-bond donors (Lipinski definition) is 7. The molecule has 30 heteroatoms. The van der Waals surface area contributed by atoms with Gasteiger partial charge in [-0.15, -0.1) is 0 Å². The van der Waals surface area contributed by atoms with Crippen LogP contribution in [0.3, 0.4) is 0 Å². The fourth-order valence-corrected chi connectivity index (χ4v) is 11.7. The van der Waals surface area contributed by atoms with Crippen molar-refractivity contribution in [2.24, 2.45) is 0 Å². The molecule has 0 aliphatic heterocycles. The van der Waals surface area contributed by atoms with E-state index >= 15 is 0 Å². The predicted octanol–water partition coefficient (Wildman–Crippen LogP) is 15.8. The van der Waals surface area contributed by atoms with Crippen molar-refractivity contribution in [1.82, 2.24) is 21.9 Å². The summed E-state index contributed by atoms with van der Waals surface area (Å²) < 4.78 is 78.2. The fraction of sp³-hybridized carbons (Fsp3) is 0.183. The summed E-state index contributed by atoms with van der Waals surface area (Å²) in [4.78, 5) is 46.0. The molecule has 12 rings (SSSR count). The zero-order valence-electron chi connectivity index (χ0n) is 69.6. The van der Waals surface area contributed by atoms with Crippen LogP contribution in [0.5, 0.6) is 51.7 Å². The average Bonchev–Trinajstić information content (AvgIpc) is 1.74. The number of carbonyl (C=O) groups excluding carboxylic acids is 4. The summed E-state index contributed by atoms with van der Waals surface area (Å²) in [6.45, 7) is 18.3. The van der Waals surface area contributed by atoms with Crippen molar-refractivity contribution in [3.8, 4) is 51.7 Å². The monoisotopic (exact) mass is 1810 g/mol. The number of carbonyl (C=O) groups is 4. The molecule has 0 atom stereocenters. The van der Waals surface area contributed by atoms with Gasteiger partial charge in [0.2, 0.25) is 28.9 Å². The van der Waals surface area contributed by atoms with Gasteiger partial charge in [0.15, 0.2) is 45.3 Å². The number of hydrogen-bond acceptors (Lipinski definition) is 21. The van der Waals surface area contributed by atoms with Gasteiger partial charge >= 0.3 is 37.7 Å². The molecule has 8 aromatic carbocycles. The molecule has 4 aromatic heterocycles.